The number of aliphatic hydroxyl groups is 6. The fourth-order valence-electron chi connectivity index (χ4n) is 2.36. The van der Waals surface area contributed by atoms with E-state index in [4.69, 9.17) is 10.2 Å². The highest BCUT2D eigenvalue weighted by Gasteiger charge is 2.40. The van der Waals surface area contributed by atoms with Gasteiger partial charge in [-0.2, -0.15) is 0 Å². The predicted molar refractivity (Wildman–Crippen MR) is 94.3 cm³/mol. The molecular weight excluding hydrogens is 412 g/mol. The number of hydrogen-bond acceptors (Lipinski definition) is 11. The van der Waals surface area contributed by atoms with Gasteiger partial charge in [-0.25, -0.2) is 4.79 Å². The number of aliphatic carboxylic acids is 1. The van der Waals surface area contributed by atoms with Crippen LogP contribution in [-0.4, -0.2) is 108 Å². The van der Waals surface area contributed by atoms with E-state index in [2.05, 4.69) is 0 Å². The van der Waals surface area contributed by atoms with Crippen molar-refractivity contribution in [1.29, 1.82) is 0 Å². The number of rotatable bonds is 12. The minimum Gasteiger partial charge on any atom is -0.479 e. The van der Waals surface area contributed by atoms with Crippen LogP contribution in [0.3, 0.4) is 0 Å². The zero-order chi connectivity index (χ0) is 23.8. The minimum absolute atomic E-state index is 0.0166. The van der Waals surface area contributed by atoms with Crippen LogP contribution in [0.2, 0.25) is 0 Å². The number of imide groups is 1. The molecule has 172 valence electrons. The number of nitrogens with one attached hydrogen (secondary N) is 2. The molecule has 0 radical (unpaired) electrons. The largest absolute Gasteiger partial charge is 0.479 e. The number of carboxylic acids is 1. The molecule has 0 aromatic heterocycles. The first-order chi connectivity index (χ1) is 13.7. The number of aliphatic hydroxyl groups excluding tert-OH is 6. The first kappa shape index (κ1) is 27.5. The Morgan fingerprint density at radius 3 is 1.87 bits per heavy atom. The summed E-state index contributed by atoms with van der Waals surface area (Å²) >= 11 is 0. The summed E-state index contributed by atoms with van der Waals surface area (Å²) in [5, 5.41) is 69.5. The topological polar surface area (TPSA) is 251 Å². The van der Waals surface area contributed by atoms with Crippen molar-refractivity contribution in [3.8, 4) is 0 Å². The Morgan fingerprint density at radius 2 is 1.47 bits per heavy atom. The van der Waals surface area contributed by atoms with E-state index in [1.165, 1.54) is 0 Å². The second kappa shape index (κ2) is 12.3. The van der Waals surface area contributed by atoms with Crippen molar-refractivity contribution in [3.63, 3.8) is 0 Å². The average molecular weight is 438 g/mol. The fraction of sp³-hybridized carbons (Fsp3) is 0.688. The predicted octanol–water partition coefficient (Wildman–Crippen LogP) is -5.39. The van der Waals surface area contributed by atoms with Gasteiger partial charge in [0.2, 0.25) is 17.7 Å². The highest BCUT2D eigenvalue weighted by atomic mass is 16.4. The molecule has 1 unspecified atom stereocenters. The molecule has 30 heavy (non-hydrogen) atoms. The van der Waals surface area contributed by atoms with E-state index < -0.39 is 78.7 Å². The lowest BCUT2D eigenvalue weighted by Gasteiger charge is -2.30. The van der Waals surface area contributed by atoms with Gasteiger partial charge in [0, 0.05) is 6.92 Å². The van der Waals surface area contributed by atoms with E-state index in [9.17, 15) is 49.5 Å². The van der Waals surface area contributed by atoms with E-state index >= 15 is 0 Å². The number of carboxylic acid groups (broad SMARTS) is 1. The molecule has 0 heterocycles. The standard InChI is InChI=1S/C16H26N2O12/c1-5(20)11(24)12(25)7(4-19)10(17-6(2)21)15(28)18-9(23)3-8(22)13(26)14(27)16(29)30/h4-5,7-8,10-14,20,22,24-27H,3H2,1-2H3,(H,17,21)(H,29,30)(H,18,23,28)/t5-,7+,8+,10?,11+,12-,13-,14-/m0/s1. The summed E-state index contributed by atoms with van der Waals surface area (Å²) < 4.78 is 0. The van der Waals surface area contributed by atoms with E-state index in [1.807, 2.05) is 5.32 Å². The maximum absolute atomic E-state index is 12.3. The Labute approximate surface area is 170 Å². The second-order valence-corrected chi connectivity index (χ2v) is 6.57. The Kier molecular flexibility index (Phi) is 11.2. The maximum atomic E-state index is 12.3. The van der Waals surface area contributed by atoms with Crippen molar-refractivity contribution >= 4 is 30.0 Å². The third-order valence-corrected chi connectivity index (χ3v) is 4.05. The number of carbonyl (C=O) groups excluding carboxylic acids is 4. The van der Waals surface area contributed by atoms with Gasteiger partial charge in [0.25, 0.3) is 0 Å². The summed E-state index contributed by atoms with van der Waals surface area (Å²) in [6.45, 7) is 2.04. The van der Waals surface area contributed by atoms with Gasteiger partial charge in [0.1, 0.15) is 24.5 Å². The molecule has 0 aliphatic heterocycles. The highest BCUT2D eigenvalue weighted by molar-refractivity contribution is 6.00. The van der Waals surface area contributed by atoms with Crippen LogP contribution in [0.25, 0.3) is 0 Å². The smallest absolute Gasteiger partial charge is 0.335 e. The van der Waals surface area contributed by atoms with Crippen molar-refractivity contribution < 1.29 is 59.7 Å². The van der Waals surface area contributed by atoms with Crippen LogP contribution in [0, 0.1) is 5.92 Å². The average Bonchev–Trinajstić information content (AvgIpc) is 2.64. The van der Waals surface area contributed by atoms with Gasteiger partial charge < -0.3 is 45.9 Å². The molecule has 8 atom stereocenters. The van der Waals surface area contributed by atoms with Gasteiger partial charge in [-0.1, -0.05) is 0 Å². The molecule has 14 nitrogen and oxygen atoms in total. The molecule has 0 aliphatic carbocycles. The maximum Gasteiger partial charge on any atom is 0.335 e. The quantitative estimate of drug-likeness (QED) is 0.129. The first-order valence-corrected chi connectivity index (χ1v) is 8.61. The molecule has 0 saturated carbocycles. The summed E-state index contributed by atoms with van der Waals surface area (Å²) in [4.78, 5) is 57.5. The summed E-state index contributed by atoms with van der Waals surface area (Å²) in [7, 11) is 0. The Morgan fingerprint density at radius 1 is 0.933 bits per heavy atom. The Bertz CT molecular complexity index is 640. The van der Waals surface area contributed by atoms with Crippen LogP contribution >= 0.6 is 0 Å². The molecule has 0 bridgehead atoms. The van der Waals surface area contributed by atoms with Crippen LogP contribution < -0.4 is 10.6 Å². The third-order valence-electron chi connectivity index (χ3n) is 4.05. The lowest BCUT2D eigenvalue weighted by molar-refractivity contribution is -0.159. The summed E-state index contributed by atoms with van der Waals surface area (Å²) in [6, 6.07) is -1.88. The molecule has 0 aromatic carbocycles. The number of carbonyl (C=O) groups is 5. The third kappa shape index (κ3) is 8.10. The Hall–Kier alpha value is -2.49. The number of amides is 3. The zero-order valence-electron chi connectivity index (χ0n) is 16.1. The molecule has 9 N–H and O–H groups in total. The van der Waals surface area contributed by atoms with Gasteiger partial charge in [-0.15, -0.1) is 0 Å². The van der Waals surface area contributed by atoms with Gasteiger partial charge in [0.05, 0.1) is 30.7 Å². The van der Waals surface area contributed by atoms with Crippen LogP contribution in [0.4, 0.5) is 0 Å². The molecule has 0 saturated heterocycles. The summed E-state index contributed by atoms with van der Waals surface area (Å²) in [5.41, 5.74) is 0. The van der Waals surface area contributed by atoms with Crippen molar-refractivity contribution in [2.75, 3.05) is 0 Å². The van der Waals surface area contributed by atoms with Crippen molar-refractivity contribution in [1.82, 2.24) is 10.6 Å². The molecule has 0 rings (SSSR count). The van der Waals surface area contributed by atoms with Gasteiger partial charge in [-0.05, 0) is 6.92 Å². The first-order valence-electron chi connectivity index (χ1n) is 8.61. The van der Waals surface area contributed by atoms with Crippen LogP contribution in [0.5, 0.6) is 0 Å². The van der Waals surface area contributed by atoms with E-state index in [0.29, 0.717) is 0 Å². The number of hydrogen-bond donors (Lipinski definition) is 9. The van der Waals surface area contributed by atoms with Crippen LogP contribution in [0.15, 0.2) is 0 Å². The zero-order valence-corrected chi connectivity index (χ0v) is 16.1. The lowest BCUT2D eigenvalue weighted by atomic mass is 9.89. The normalized spacial score (nSPS) is 19.2. The van der Waals surface area contributed by atoms with Crippen molar-refractivity contribution in [2.45, 2.75) is 62.9 Å². The van der Waals surface area contributed by atoms with Crippen molar-refractivity contribution in [2.24, 2.45) is 5.92 Å². The van der Waals surface area contributed by atoms with Crippen LogP contribution in [0.1, 0.15) is 20.3 Å². The van der Waals surface area contributed by atoms with Crippen molar-refractivity contribution in [3.05, 3.63) is 0 Å². The summed E-state index contributed by atoms with van der Waals surface area (Å²) in [6.07, 6.45) is -13.2. The molecule has 0 aromatic rings. The second-order valence-electron chi connectivity index (χ2n) is 6.57. The van der Waals surface area contributed by atoms with Gasteiger partial charge in [-0.3, -0.25) is 19.7 Å². The fourth-order valence-corrected chi connectivity index (χ4v) is 2.36. The monoisotopic (exact) mass is 438 g/mol. The molecule has 14 heteroatoms. The lowest BCUT2D eigenvalue weighted by Crippen LogP contribution is -2.58. The van der Waals surface area contributed by atoms with E-state index in [-0.39, 0.29) is 6.29 Å². The SMILES string of the molecule is CC(=O)NC(C(=O)NC(=O)C[C@@H](O)[C@H](O)[C@H](O)C(=O)O)[C@@H](C=O)[C@H](O)[C@H](O)[C@H](C)O. The van der Waals surface area contributed by atoms with Gasteiger partial charge in [0.15, 0.2) is 6.10 Å². The van der Waals surface area contributed by atoms with E-state index in [0.717, 1.165) is 13.8 Å². The molecular formula is C16H26N2O12. The summed E-state index contributed by atoms with van der Waals surface area (Å²) in [5.74, 6) is -7.15. The van der Waals surface area contributed by atoms with E-state index in [1.54, 1.807) is 5.32 Å². The molecule has 0 fully saturated rings. The molecule has 3 amide bonds. The Balaban J connectivity index is 5.35. The minimum atomic E-state index is -2.41. The van der Waals surface area contributed by atoms with Gasteiger partial charge >= 0.3 is 5.97 Å². The number of aldehydes is 1. The molecule has 0 spiro atoms. The molecule has 0 aliphatic rings. The van der Waals surface area contributed by atoms with Crippen LogP contribution in [-0.2, 0) is 24.0 Å². The highest BCUT2D eigenvalue weighted by Crippen LogP contribution is 2.14.